The van der Waals surface area contributed by atoms with Crippen LogP contribution in [0.15, 0.2) is 52.3 Å². The molecule has 0 radical (unpaired) electrons. The second-order valence-corrected chi connectivity index (χ2v) is 10.2. The van der Waals surface area contributed by atoms with E-state index in [9.17, 15) is 14.2 Å². The van der Waals surface area contributed by atoms with E-state index in [0.717, 1.165) is 25.9 Å². The summed E-state index contributed by atoms with van der Waals surface area (Å²) < 4.78 is 29.6. The Kier molecular flexibility index (Phi) is 7.00. The van der Waals surface area contributed by atoms with Gasteiger partial charge in [-0.15, -0.1) is 4.31 Å². The van der Waals surface area contributed by atoms with E-state index in [-0.39, 0.29) is 5.75 Å². The molecule has 0 spiro atoms. The number of phenols is 1. The van der Waals surface area contributed by atoms with Gasteiger partial charge in [0.2, 0.25) is 0 Å². The molecule has 28 heavy (non-hydrogen) atoms. The number of nitrogens with one attached hydrogen (secondary N) is 1. The molecule has 1 aliphatic rings. The number of aromatic hydroxyl groups is 1. The van der Waals surface area contributed by atoms with Crippen LogP contribution in [0.3, 0.4) is 0 Å². The van der Waals surface area contributed by atoms with Crippen molar-refractivity contribution in [2.45, 2.75) is 29.6 Å². The van der Waals surface area contributed by atoms with Gasteiger partial charge in [0.15, 0.2) is 9.79 Å². The molecule has 3 rings (SSSR count). The average molecular weight is 422 g/mol. The molecule has 0 bridgehead atoms. The van der Waals surface area contributed by atoms with E-state index in [1.54, 1.807) is 54.8 Å². The monoisotopic (exact) mass is 421 g/mol. The lowest BCUT2D eigenvalue weighted by molar-refractivity contribution is 0.428. The van der Waals surface area contributed by atoms with E-state index >= 15 is 0 Å². The Labute approximate surface area is 173 Å². The van der Waals surface area contributed by atoms with E-state index in [1.807, 2.05) is 6.07 Å². The molecular formula is C20H27N3O3S2. The lowest BCUT2D eigenvalue weighted by Crippen LogP contribution is -2.33. The normalized spacial score (nSPS) is 17.6. The fourth-order valence-electron chi connectivity index (χ4n) is 3.23. The molecule has 0 aliphatic carbocycles. The summed E-state index contributed by atoms with van der Waals surface area (Å²) >= 11 is -2.73. The Morgan fingerprint density at radius 1 is 1.04 bits per heavy atom. The first kappa shape index (κ1) is 21.1. The summed E-state index contributed by atoms with van der Waals surface area (Å²) in [6.07, 6.45) is 2.14. The van der Waals surface area contributed by atoms with E-state index in [0.29, 0.717) is 27.1 Å². The van der Waals surface area contributed by atoms with Gasteiger partial charge in [0, 0.05) is 51.5 Å². The minimum absolute atomic E-state index is 0.188. The first-order valence-corrected chi connectivity index (χ1v) is 11.6. The summed E-state index contributed by atoms with van der Waals surface area (Å²) in [7, 11) is 3.49. The van der Waals surface area contributed by atoms with Crippen LogP contribution in [0.4, 0.5) is 11.4 Å². The maximum Gasteiger partial charge on any atom is 0.180 e. The molecule has 0 saturated carbocycles. The van der Waals surface area contributed by atoms with E-state index in [2.05, 4.69) is 16.5 Å². The number of anilines is 2. The third-order valence-electron chi connectivity index (χ3n) is 4.89. The topological polar surface area (TPSA) is 84.9 Å². The number of para-hydroxylation sites is 1. The van der Waals surface area contributed by atoms with Gasteiger partial charge in [0.25, 0.3) is 0 Å². The molecule has 0 aromatic heterocycles. The Hall–Kier alpha value is -1.58. The van der Waals surface area contributed by atoms with Crippen molar-refractivity contribution >= 4 is 34.1 Å². The molecule has 152 valence electrons. The molecule has 0 amide bonds. The number of piperidine rings is 1. The maximum absolute atomic E-state index is 12.8. The molecule has 6 nitrogen and oxygen atoms in total. The molecule has 2 N–H and O–H groups in total. The first-order chi connectivity index (χ1) is 13.4. The maximum atomic E-state index is 12.8. The predicted octanol–water partition coefficient (Wildman–Crippen LogP) is 3.35. The van der Waals surface area contributed by atoms with Crippen LogP contribution in [0.1, 0.15) is 19.8 Å². The van der Waals surface area contributed by atoms with Gasteiger partial charge in [-0.05, 0) is 30.9 Å². The fourth-order valence-corrected chi connectivity index (χ4v) is 4.88. The zero-order valence-corrected chi connectivity index (χ0v) is 18.1. The third kappa shape index (κ3) is 4.87. The van der Waals surface area contributed by atoms with Crippen LogP contribution in [0, 0.1) is 5.92 Å². The van der Waals surface area contributed by atoms with Crippen molar-refractivity contribution in [1.29, 1.82) is 0 Å². The summed E-state index contributed by atoms with van der Waals surface area (Å²) in [5.74, 6) is 0.868. The quantitative estimate of drug-likeness (QED) is 0.696. The van der Waals surface area contributed by atoms with Crippen molar-refractivity contribution in [2.75, 3.05) is 36.8 Å². The number of phenolic OH excluding ortho intramolecular Hbond substituents is 1. The highest BCUT2D eigenvalue weighted by atomic mass is 32.2. The van der Waals surface area contributed by atoms with Crippen LogP contribution in [0.25, 0.3) is 0 Å². The van der Waals surface area contributed by atoms with Gasteiger partial charge in [-0.1, -0.05) is 13.0 Å². The molecule has 1 saturated heterocycles. The lowest BCUT2D eigenvalue weighted by atomic mass is 9.98. The zero-order valence-electron chi connectivity index (χ0n) is 16.4. The van der Waals surface area contributed by atoms with Gasteiger partial charge in [-0.2, -0.15) is 0 Å². The molecule has 1 heterocycles. The highest BCUT2D eigenvalue weighted by molar-refractivity contribution is 7.92. The van der Waals surface area contributed by atoms with E-state index in [1.165, 1.54) is 0 Å². The first-order valence-electron chi connectivity index (χ1n) is 9.31. The zero-order chi connectivity index (χ0) is 20.3. The molecule has 8 heteroatoms. The summed E-state index contributed by atoms with van der Waals surface area (Å²) in [4.78, 5) is 3.39. The van der Waals surface area contributed by atoms with Crippen LogP contribution in [-0.4, -0.2) is 45.7 Å². The summed E-state index contributed by atoms with van der Waals surface area (Å²) in [5.41, 5.74) is 1.35. The summed E-state index contributed by atoms with van der Waals surface area (Å²) in [6, 6.07) is 12.1. The number of hydrogen-bond donors (Lipinski definition) is 2. The van der Waals surface area contributed by atoms with Gasteiger partial charge in [0.05, 0.1) is 11.4 Å². The molecule has 2 atom stereocenters. The Morgan fingerprint density at radius 2 is 1.64 bits per heavy atom. The van der Waals surface area contributed by atoms with Crippen molar-refractivity contribution in [3.63, 3.8) is 0 Å². The SMILES string of the molecule is CC1CCN(c2c(O)cccc2N[S+]([O-])c2ccc([S+]([O-])N(C)C)cc2)CC1. The van der Waals surface area contributed by atoms with Gasteiger partial charge in [-0.25, -0.2) is 4.72 Å². The Bertz CT molecular complexity index is 781. The number of rotatable bonds is 6. The van der Waals surface area contributed by atoms with E-state index in [4.69, 9.17) is 0 Å². The van der Waals surface area contributed by atoms with Gasteiger partial charge < -0.3 is 19.1 Å². The fraction of sp³-hybridized carbons (Fsp3) is 0.400. The average Bonchev–Trinajstić information content (AvgIpc) is 2.68. The number of hydrogen-bond acceptors (Lipinski definition) is 6. The van der Waals surface area contributed by atoms with Gasteiger partial charge in [0.1, 0.15) is 28.5 Å². The van der Waals surface area contributed by atoms with E-state index < -0.39 is 22.7 Å². The molecule has 1 aliphatic heterocycles. The Balaban J connectivity index is 1.77. The molecule has 2 unspecified atom stereocenters. The van der Waals surface area contributed by atoms with Crippen LogP contribution < -0.4 is 9.62 Å². The van der Waals surface area contributed by atoms with Crippen molar-refractivity contribution < 1.29 is 14.2 Å². The standard InChI is InChI=1S/C20H27N3O3S2/c1-15-11-13-23(14-12-15)20-18(5-4-6-19(20)24)21-27(25)16-7-9-17(10-8-16)28(26)22(2)3/h4-10,15,21,24H,11-14H2,1-3H3. The Morgan fingerprint density at radius 3 is 2.25 bits per heavy atom. The molecule has 1 fully saturated rings. The van der Waals surface area contributed by atoms with Crippen molar-refractivity contribution in [1.82, 2.24) is 4.31 Å². The summed E-state index contributed by atoms with van der Waals surface area (Å²) in [5, 5.41) is 10.4. The summed E-state index contributed by atoms with van der Waals surface area (Å²) in [6.45, 7) is 3.97. The van der Waals surface area contributed by atoms with Crippen molar-refractivity contribution in [2.24, 2.45) is 5.92 Å². The third-order valence-corrected chi connectivity index (χ3v) is 7.33. The predicted molar refractivity (Wildman–Crippen MR) is 115 cm³/mol. The minimum Gasteiger partial charge on any atom is -0.593 e. The second-order valence-electron chi connectivity index (χ2n) is 7.25. The molecule has 2 aromatic rings. The van der Waals surface area contributed by atoms with Crippen molar-refractivity contribution in [3.8, 4) is 5.75 Å². The second kappa shape index (κ2) is 9.28. The minimum atomic E-state index is -1.50. The molecular weight excluding hydrogens is 394 g/mol. The van der Waals surface area contributed by atoms with Crippen LogP contribution in [0.5, 0.6) is 5.75 Å². The number of nitrogens with zero attached hydrogens (tertiary/aromatic N) is 2. The van der Waals surface area contributed by atoms with Crippen LogP contribution in [0.2, 0.25) is 0 Å². The number of benzene rings is 2. The van der Waals surface area contributed by atoms with Crippen LogP contribution >= 0.6 is 0 Å². The molecule has 2 aromatic carbocycles. The highest BCUT2D eigenvalue weighted by Gasteiger charge is 2.24. The smallest absolute Gasteiger partial charge is 0.180 e. The largest absolute Gasteiger partial charge is 0.593 e. The lowest BCUT2D eigenvalue weighted by Gasteiger charge is -2.33. The van der Waals surface area contributed by atoms with Gasteiger partial charge >= 0.3 is 0 Å². The van der Waals surface area contributed by atoms with Crippen molar-refractivity contribution in [3.05, 3.63) is 42.5 Å². The van der Waals surface area contributed by atoms with Gasteiger partial charge in [-0.3, -0.25) is 0 Å². The van der Waals surface area contributed by atoms with Crippen LogP contribution in [-0.2, 0) is 22.7 Å². The highest BCUT2D eigenvalue weighted by Crippen LogP contribution is 2.38.